The minimum atomic E-state index is -0.571. The lowest BCUT2D eigenvalue weighted by atomic mass is 10.0. The molecule has 0 saturated heterocycles. The molecule has 150 valence electrons. The highest BCUT2D eigenvalue weighted by molar-refractivity contribution is 6.30. The van der Waals surface area contributed by atoms with E-state index in [9.17, 15) is 14.4 Å². The monoisotopic (exact) mass is 405 g/mol. The van der Waals surface area contributed by atoms with Crippen LogP contribution >= 0.6 is 11.6 Å². The van der Waals surface area contributed by atoms with Crippen LogP contribution in [0.15, 0.2) is 24.3 Å². The lowest BCUT2D eigenvalue weighted by Gasteiger charge is -2.23. The molecular weight excluding hydrogens is 382 g/mol. The molecule has 0 aliphatic rings. The van der Waals surface area contributed by atoms with Gasteiger partial charge in [-0.2, -0.15) is 0 Å². The average Bonchev–Trinajstić information content (AvgIpc) is 2.95. The molecule has 0 fully saturated rings. The summed E-state index contributed by atoms with van der Waals surface area (Å²) in [5.74, 6) is -0.953. The molecule has 1 aromatic heterocycles. The first kappa shape index (κ1) is 21.7. The summed E-state index contributed by atoms with van der Waals surface area (Å²) >= 11 is 5.83. The first-order valence-corrected chi connectivity index (χ1v) is 9.10. The maximum atomic E-state index is 12.9. The van der Waals surface area contributed by atoms with Crippen LogP contribution < -0.4 is 5.32 Å². The molecule has 0 aliphatic carbocycles. The van der Waals surface area contributed by atoms with Crippen LogP contribution in [0.2, 0.25) is 5.02 Å². The number of Topliss-reactive ketones (excluding diaryl/α,β-unsaturated/α-hetero) is 1. The zero-order valence-electron chi connectivity index (χ0n) is 16.6. The van der Waals surface area contributed by atoms with Crippen LogP contribution in [0.5, 0.6) is 0 Å². The number of methoxy groups -OCH3 is 1. The van der Waals surface area contributed by atoms with Crippen LogP contribution in [0.1, 0.15) is 39.0 Å². The molecule has 1 heterocycles. The van der Waals surface area contributed by atoms with Crippen molar-refractivity contribution in [3.8, 4) is 0 Å². The first-order valence-electron chi connectivity index (χ1n) is 8.73. The van der Waals surface area contributed by atoms with Crippen LogP contribution in [-0.4, -0.2) is 54.3 Å². The number of carbonyl (C=O) groups excluding carboxylic acids is 3. The molecule has 28 heavy (non-hydrogen) atoms. The van der Waals surface area contributed by atoms with Crippen molar-refractivity contribution < 1.29 is 19.1 Å². The Morgan fingerprint density at radius 2 is 1.82 bits per heavy atom. The normalized spacial score (nSPS) is 12.0. The highest BCUT2D eigenvalue weighted by atomic mass is 35.5. The summed E-state index contributed by atoms with van der Waals surface area (Å²) in [4.78, 5) is 41.7. The van der Waals surface area contributed by atoms with E-state index in [4.69, 9.17) is 16.3 Å². The van der Waals surface area contributed by atoms with Crippen LogP contribution in [-0.2, 0) is 9.53 Å². The average molecular weight is 406 g/mol. The van der Waals surface area contributed by atoms with E-state index < -0.39 is 12.0 Å². The largest absolute Gasteiger partial charge is 0.465 e. The second-order valence-electron chi connectivity index (χ2n) is 6.63. The number of rotatable bonds is 7. The number of hydrogen-bond donors (Lipinski definition) is 2. The number of H-pyrrole nitrogens is 1. The number of nitrogens with one attached hydrogen (secondary N) is 2. The van der Waals surface area contributed by atoms with Gasteiger partial charge in [-0.15, -0.1) is 0 Å². The summed E-state index contributed by atoms with van der Waals surface area (Å²) in [5.41, 5.74) is 2.44. The Hall–Kier alpha value is -2.64. The number of aryl methyl sites for hydroxylation is 1. The minimum Gasteiger partial charge on any atom is -0.465 e. The van der Waals surface area contributed by atoms with Gasteiger partial charge in [-0.25, -0.2) is 4.79 Å². The van der Waals surface area contributed by atoms with Gasteiger partial charge < -0.3 is 15.0 Å². The Bertz CT molecular complexity index is 890. The summed E-state index contributed by atoms with van der Waals surface area (Å²) in [5, 5.41) is 3.34. The van der Waals surface area contributed by atoms with Crippen molar-refractivity contribution in [1.82, 2.24) is 9.88 Å². The van der Waals surface area contributed by atoms with Crippen molar-refractivity contribution >= 4 is 34.9 Å². The van der Waals surface area contributed by atoms with E-state index in [0.717, 1.165) is 0 Å². The lowest BCUT2D eigenvalue weighted by molar-refractivity contribution is -0.117. The number of carbonyl (C=O) groups is 3. The molecule has 2 N–H and O–H groups in total. The minimum absolute atomic E-state index is 0.0259. The summed E-state index contributed by atoms with van der Waals surface area (Å²) in [6, 6.07) is 6.20. The van der Waals surface area contributed by atoms with Gasteiger partial charge in [0.2, 0.25) is 5.91 Å². The van der Waals surface area contributed by atoms with Crippen LogP contribution in [0.3, 0.4) is 0 Å². The van der Waals surface area contributed by atoms with Gasteiger partial charge in [-0.05, 0) is 57.6 Å². The molecular formula is C20H24ClN3O4. The number of ether oxygens (including phenoxy) is 1. The first-order chi connectivity index (χ1) is 13.1. The summed E-state index contributed by atoms with van der Waals surface area (Å²) in [6.07, 6.45) is 0. The predicted molar refractivity (Wildman–Crippen MR) is 108 cm³/mol. The number of anilines is 1. The maximum absolute atomic E-state index is 12.9. The Labute approximate surface area is 169 Å². The van der Waals surface area contributed by atoms with Crippen molar-refractivity contribution in [2.45, 2.75) is 26.8 Å². The number of hydrogen-bond acceptors (Lipinski definition) is 5. The molecule has 0 aliphatic heterocycles. The molecule has 0 bridgehead atoms. The summed E-state index contributed by atoms with van der Waals surface area (Å²) in [6.45, 7) is 5.15. The van der Waals surface area contributed by atoms with Crippen molar-refractivity contribution in [3.05, 3.63) is 51.8 Å². The molecule has 1 atom stereocenters. The summed E-state index contributed by atoms with van der Waals surface area (Å²) in [7, 11) is 2.99. The molecule has 8 heteroatoms. The predicted octanol–water partition coefficient (Wildman–Crippen LogP) is 3.21. The van der Waals surface area contributed by atoms with Gasteiger partial charge in [0.1, 0.15) is 0 Å². The summed E-state index contributed by atoms with van der Waals surface area (Å²) < 4.78 is 4.77. The quantitative estimate of drug-likeness (QED) is 0.545. The Morgan fingerprint density at radius 3 is 2.39 bits per heavy atom. The Balaban J connectivity index is 2.07. The van der Waals surface area contributed by atoms with E-state index in [-0.39, 0.29) is 18.2 Å². The zero-order chi connectivity index (χ0) is 21.0. The van der Waals surface area contributed by atoms with Gasteiger partial charge in [0.25, 0.3) is 0 Å². The van der Waals surface area contributed by atoms with Crippen LogP contribution in [0.25, 0.3) is 0 Å². The molecule has 0 spiro atoms. The fraction of sp³-hybridized carbons (Fsp3) is 0.350. The van der Waals surface area contributed by atoms with E-state index >= 15 is 0 Å². The van der Waals surface area contributed by atoms with Crippen LogP contribution in [0.4, 0.5) is 5.69 Å². The van der Waals surface area contributed by atoms with Gasteiger partial charge in [0, 0.05) is 16.4 Å². The van der Waals surface area contributed by atoms with Crippen molar-refractivity contribution in [2.75, 3.05) is 26.0 Å². The fourth-order valence-electron chi connectivity index (χ4n) is 2.91. The Morgan fingerprint density at radius 1 is 1.21 bits per heavy atom. The van der Waals surface area contributed by atoms with Gasteiger partial charge in [0.15, 0.2) is 5.78 Å². The highest BCUT2D eigenvalue weighted by Gasteiger charge is 2.27. The van der Waals surface area contributed by atoms with Crippen molar-refractivity contribution in [2.24, 2.45) is 0 Å². The van der Waals surface area contributed by atoms with Crippen molar-refractivity contribution in [3.63, 3.8) is 0 Å². The highest BCUT2D eigenvalue weighted by Crippen LogP contribution is 2.21. The van der Waals surface area contributed by atoms with Crippen molar-refractivity contribution in [1.29, 1.82) is 0 Å². The molecule has 1 amide bonds. The SMILES string of the molecule is COC(=O)c1c(C)[nH]c(C(=O)[C@H](C)N(C)CC(=O)Nc2ccc(Cl)cc2)c1C. The molecule has 1 aromatic carbocycles. The number of esters is 1. The molecule has 7 nitrogen and oxygen atoms in total. The smallest absolute Gasteiger partial charge is 0.339 e. The number of likely N-dealkylation sites (N-methyl/N-ethyl adjacent to an activating group) is 1. The van der Waals surface area contributed by atoms with E-state index in [1.54, 1.807) is 57.0 Å². The second-order valence-corrected chi connectivity index (χ2v) is 7.06. The molecule has 0 saturated carbocycles. The Kier molecular flexibility index (Phi) is 6.99. The number of halogens is 1. The third-order valence-electron chi connectivity index (χ3n) is 4.64. The zero-order valence-corrected chi connectivity index (χ0v) is 17.3. The lowest BCUT2D eigenvalue weighted by Crippen LogP contribution is -2.41. The van der Waals surface area contributed by atoms with Crippen LogP contribution in [0, 0.1) is 13.8 Å². The van der Waals surface area contributed by atoms with Gasteiger partial charge in [0.05, 0.1) is 31.0 Å². The third kappa shape index (κ3) is 4.79. The van der Waals surface area contributed by atoms with E-state index in [1.165, 1.54) is 7.11 Å². The molecule has 0 unspecified atom stereocenters. The molecule has 2 aromatic rings. The molecule has 0 radical (unpaired) electrons. The number of amides is 1. The van der Waals surface area contributed by atoms with Gasteiger partial charge in [-0.3, -0.25) is 14.5 Å². The number of aromatic nitrogens is 1. The fourth-order valence-corrected chi connectivity index (χ4v) is 3.04. The maximum Gasteiger partial charge on any atom is 0.339 e. The van der Waals surface area contributed by atoms with E-state index in [0.29, 0.717) is 33.2 Å². The van der Waals surface area contributed by atoms with E-state index in [2.05, 4.69) is 10.3 Å². The molecule has 2 rings (SSSR count). The van der Waals surface area contributed by atoms with E-state index in [1.807, 2.05) is 0 Å². The second kappa shape index (κ2) is 9.03. The van der Waals surface area contributed by atoms with Gasteiger partial charge in [-0.1, -0.05) is 11.6 Å². The number of ketones is 1. The number of benzene rings is 1. The number of aromatic amines is 1. The third-order valence-corrected chi connectivity index (χ3v) is 4.89. The standard InChI is InChI=1S/C20H24ClN3O4/c1-11-17(20(27)28-5)12(2)22-18(11)19(26)13(3)24(4)10-16(25)23-15-8-6-14(21)7-9-15/h6-9,13,22H,10H2,1-5H3,(H,23,25)/t13-/m0/s1. The number of nitrogens with zero attached hydrogens (tertiary/aromatic N) is 1. The van der Waals surface area contributed by atoms with Gasteiger partial charge >= 0.3 is 5.97 Å². The topological polar surface area (TPSA) is 91.5 Å².